The summed E-state index contributed by atoms with van der Waals surface area (Å²) in [5.74, 6) is 0. The van der Waals surface area contributed by atoms with Crippen molar-refractivity contribution in [3.05, 3.63) is 54.9 Å². The van der Waals surface area contributed by atoms with Gasteiger partial charge in [0.05, 0.1) is 5.69 Å². The lowest BCUT2D eigenvalue weighted by Gasteiger charge is -2.06. The van der Waals surface area contributed by atoms with Gasteiger partial charge in [0.2, 0.25) is 0 Å². The fraction of sp³-hybridized carbons (Fsp3) is 0. The van der Waals surface area contributed by atoms with Crippen LogP contribution in [0.2, 0.25) is 0 Å². The van der Waals surface area contributed by atoms with Crippen LogP contribution in [0.5, 0.6) is 0 Å². The molecule has 0 aliphatic heterocycles. The first-order valence-corrected chi connectivity index (χ1v) is 5.82. The van der Waals surface area contributed by atoms with E-state index in [4.69, 9.17) is 0 Å². The third-order valence-corrected chi connectivity index (χ3v) is 3.26. The van der Waals surface area contributed by atoms with Gasteiger partial charge in [0.15, 0.2) is 0 Å². The van der Waals surface area contributed by atoms with Crippen molar-refractivity contribution in [3.63, 3.8) is 0 Å². The third kappa shape index (κ3) is 1.46. The number of fused-ring (bicyclic) bond motifs is 1. The highest BCUT2D eigenvalue weighted by atomic mass is 27.1. The highest BCUT2D eigenvalue weighted by Gasteiger charge is 2.05. The molecule has 0 saturated carbocycles. The van der Waals surface area contributed by atoms with Crippen LogP contribution in [0.4, 0.5) is 0 Å². The van der Waals surface area contributed by atoms with E-state index in [2.05, 4.69) is 39.0 Å². The van der Waals surface area contributed by atoms with E-state index in [9.17, 15) is 0 Å². The van der Waals surface area contributed by atoms with E-state index >= 15 is 0 Å². The largest absolute Gasteiger partial charge is 0.451 e. The van der Waals surface area contributed by atoms with E-state index in [1.54, 1.807) is 0 Å². The van der Waals surface area contributed by atoms with Gasteiger partial charge in [0.1, 0.15) is 0 Å². The van der Waals surface area contributed by atoms with Crippen molar-refractivity contribution in [2.75, 3.05) is 0 Å². The molecule has 0 amide bonds. The molecule has 0 unspecified atom stereocenters. The van der Waals surface area contributed by atoms with E-state index < -0.39 is 0 Å². The molecule has 0 aliphatic rings. The summed E-state index contributed by atoms with van der Waals surface area (Å²) >= 11 is 1.85. The quantitative estimate of drug-likeness (QED) is 0.577. The van der Waals surface area contributed by atoms with E-state index in [1.165, 1.54) is 16.5 Å². The zero-order chi connectivity index (χ0) is 11.0. The Kier molecular flexibility index (Phi) is 2.28. The number of aromatic nitrogens is 2. The van der Waals surface area contributed by atoms with E-state index in [0.29, 0.717) is 0 Å². The molecule has 75 valence electrons. The second-order valence-electron chi connectivity index (χ2n) is 3.74. The molecule has 0 bridgehead atoms. The summed E-state index contributed by atoms with van der Waals surface area (Å²) in [6, 6.07) is 14.5. The van der Waals surface area contributed by atoms with Crippen molar-refractivity contribution in [2.45, 2.75) is 0 Å². The van der Waals surface area contributed by atoms with Crippen LogP contribution < -0.4 is 0 Å². The molecular weight excluding hydrogens is 211 g/mol. The van der Waals surface area contributed by atoms with Crippen LogP contribution in [-0.4, -0.2) is 25.0 Å². The van der Waals surface area contributed by atoms with Gasteiger partial charge in [0, 0.05) is 17.3 Å². The molecule has 0 N–H and O–H groups in total. The first-order chi connectivity index (χ1) is 7.86. The predicted octanol–water partition coefficient (Wildman–Crippen LogP) is 2.37. The minimum absolute atomic E-state index is 1.03. The first-order valence-electron chi connectivity index (χ1n) is 5.18. The van der Waals surface area contributed by atoms with Gasteiger partial charge < -0.3 is 3.55 Å². The molecule has 2 aromatic heterocycles. The number of benzene rings is 1. The van der Waals surface area contributed by atoms with Gasteiger partial charge in [-0.15, -0.1) is 0 Å². The van der Waals surface area contributed by atoms with Crippen molar-refractivity contribution < 1.29 is 0 Å². The maximum Gasteiger partial charge on any atom is 0.348 e. The Balaban J connectivity index is 2.36. The van der Waals surface area contributed by atoms with Crippen LogP contribution in [0.1, 0.15) is 0 Å². The topological polar surface area (TPSA) is 17.8 Å². The molecule has 16 heavy (non-hydrogen) atoms. The minimum atomic E-state index is 1.03. The average Bonchev–Trinajstić information content (AvgIpc) is 2.73. The van der Waals surface area contributed by atoms with Gasteiger partial charge in [-0.25, -0.2) is 0 Å². The highest BCUT2D eigenvalue weighted by Crippen LogP contribution is 2.26. The summed E-state index contributed by atoms with van der Waals surface area (Å²) in [7, 11) is 0. The minimum Gasteiger partial charge on any atom is -0.451 e. The van der Waals surface area contributed by atoms with E-state index in [-0.39, 0.29) is 0 Å². The maximum atomic E-state index is 4.41. The van der Waals surface area contributed by atoms with Crippen molar-refractivity contribution in [1.82, 2.24) is 8.53 Å². The van der Waals surface area contributed by atoms with Crippen LogP contribution >= 0.6 is 0 Å². The van der Waals surface area contributed by atoms with E-state index in [1.807, 2.05) is 40.9 Å². The lowest BCUT2D eigenvalue weighted by molar-refractivity contribution is 1.29. The fourth-order valence-electron chi connectivity index (χ4n) is 1.99. The van der Waals surface area contributed by atoms with Crippen LogP contribution in [-0.2, 0) is 0 Å². The summed E-state index contributed by atoms with van der Waals surface area (Å²) < 4.78 is 2.17. The Bertz CT molecular complexity index is 629. The second-order valence-corrected chi connectivity index (χ2v) is 4.43. The number of hydrogen-bond donors (Lipinski definition) is 0. The third-order valence-electron chi connectivity index (χ3n) is 2.73. The molecule has 0 atom stereocenters. The molecule has 1 radical (unpaired) electrons. The predicted molar refractivity (Wildman–Crippen MR) is 67.7 cm³/mol. The Morgan fingerprint density at radius 1 is 1.00 bits per heavy atom. The summed E-state index contributed by atoms with van der Waals surface area (Å²) in [5.41, 5.74) is 3.47. The molecule has 3 rings (SSSR count). The lowest BCUT2D eigenvalue weighted by Crippen LogP contribution is -1.91. The van der Waals surface area contributed by atoms with Crippen LogP contribution in [0, 0.1) is 0 Å². The number of rotatable bonds is 1. The van der Waals surface area contributed by atoms with Crippen LogP contribution in [0.25, 0.3) is 22.2 Å². The van der Waals surface area contributed by atoms with Gasteiger partial charge in [-0.05, 0) is 29.8 Å². The molecule has 3 aromatic rings. The Morgan fingerprint density at radius 3 is 2.75 bits per heavy atom. The monoisotopic (exact) mass is 221 g/mol. The van der Waals surface area contributed by atoms with Crippen LogP contribution in [0.15, 0.2) is 54.9 Å². The van der Waals surface area contributed by atoms with Gasteiger partial charge in [0.25, 0.3) is 0 Å². The van der Waals surface area contributed by atoms with Crippen LogP contribution in [0.3, 0.4) is 0 Å². The lowest BCUT2D eigenvalue weighted by atomic mass is 10.1. The zero-order valence-electron chi connectivity index (χ0n) is 8.80. The molecule has 0 spiro atoms. The van der Waals surface area contributed by atoms with Gasteiger partial charge in [-0.2, -0.15) is 0 Å². The molecule has 0 fully saturated rings. The van der Waals surface area contributed by atoms with Crippen molar-refractivity contribution in [3.8, 4) is 11.3 Å². The highest BCUT2D eigenvalue weighted by molar-refractivity contribution is 6.13. The Morgan fingerprint density at radius 2 is 1.94 bits per heavy atom. The Hall–Kier alpha value is -1.56. The summed E-state index contributed by atoms with van der Waals surface area (Å²) in [6.45, 7) is 0. The number of para-hydroxylation sites is 1. The Labute approximate surface area is 102 Å². The molecule has 1 aromatic carbocycles. The van der Waals surface area contributed by atoms with Gasteiger partial charge in [-0.1, -0.05) is 24.3 Å². The number of nitrogens with zero attached hydrogens (tertiary/aromatic N) is 2. The molecule has 2 heterocycles. The zero-order valence-corrected chi connectivity index (χ0v) is 10.2. The molecule has 0 saturated heterocycles. The molecular formula is C13H10AlN2. The smallest absolute Gasteiger partial charge is 0.348 e. The maximum absolute atomic E-state index is 4.41. The van der Waals surface area contributed by atoms with E-state index in [0.717, 1.165) is 5.69 Å². The molecule has 0 aliphatic carbocycles. The summed E-state index contributed by atoms with van der Waals surface area (Å²) in [6.07, 6.45) is 3.93. The molecule has 3 heteroatoms. The number of pyridine rings is 1. The van der Waals surface area contributed by atoms with Crippen molar-refractivity contribution in [1.29, 1.82) is 0 Å². The summed E-state index contributed by atoms with van der Waals surface area (Å²) in [5, 5.41) is 1.26. The average molecular weight is 221 g/mol. The van der Waals surface area contributed by atoms with Gasteiger partial charge in [-0.3, -0.25) is 4.98 Å². The van der Waals surface area contributed by atoms with Gasteiger partial charge >= 0.3 is 16.5 Å². The summed E-state index contributed by atoms with van der Waals surface area (Å²) in [4.78, 5) is 4.41. The standard InChI is InChI=1S/C13H9N2.Al.H/c1-2-8-14-12(6-1)11-5-3-4-10-7-9-15-13(10)11;;/h1-9H;;/q-1;+1;. The SMILES string of the molecule is [AlH][n]1ccc2cccc(-c3ccccn3)c21. The number of hydrogen-bond acceptors (Lipinski definition) is 1. The second kappa shape index (κ2) is 3.79. The molecule has 2 nitrogen and oxygen atoms in total. The van der Waals surface area contributed by atoms with Crippen molar-refractivity contribution in [2.24, 2.45) is 0 Å². The normalized spacial score (nSPS) is 10.8. The fourth-order valence-corrected chi connectivity index (χ4v) is 2.45. The van der Waals surface area contributed by atoms with Crippen molar-refractivity contribution >= 4 is 27.4 Å². The first kappa shape index (κ1) is 9.65.